The standard InChI is InChI=1S/C7H5O.BrH.Pd/c8-6-7-4-2-1-3-5-7;;/h2-6H;1H;/p-1. The summed E-state index contributed by atoms with van der Waals surface area (Å²) in [5.74, 6) is 0. The molecule has 0 fully saturated rings. The minimum absolute atomic E-state index is 0. The fraction of sp³-hybridized carbons (Fsp3) is 0. The molecule has 0 spiro atoms. The second-order valence-electron chi connectivity index (χ2n) is 1.45. The van der Waals surface area contributed by atoms with Crippen LogP contribution in [0.2, 0.25) is 0 Å². The first-order valence-electron chi connectivity index (χ1n) is 2.35. The Bertz CT molecular complexity index is 190. The Kier molecular flexibility index (Phi) is 9.14. The molecule has 1 aliphatic rings. The quantitative estimate of drug-likeness (QED) is 0.312. The van der Waals surface area contributed by atoms with Crippen LogP contribution in [0, 0.1) is 6.42 Å². The Hall–Kier alpha value is 0.0723. The maximum absolute atomic E-state index is 9.99. The zero-order valence-electron chi connectivity index (χ0n) is 4.99. The summed E-state index contributed by atoms with van der Waals surface area (Å²) in [6, 6.07) is 0. The third-order valence-electron chi connectivity index (χ3n) is 0.880. The molecule has 0 saturated carbocycles. The van der Waals surface area contributed by atoms with Crippen LogP contribution in [0.4, 0.5) is 0 Å². The van der Waals surface area contributed by atoms with Gasteiger partial charge in [-0.15, -0.1) is 5.73 Å². The molecule has 10 heavy (non-hydrogen) atoms. The number of carbonyl (C=O) groups is 1. The number of allylic oxidation sites excluding steroid dienone is 3. The minimum Gasteiger partial charge on any atom is -1.00 e. The van der Waals surface area contributed by atoms with E-state index < -0.39 is 0 Å². The second kappa shape index (κ2) is 7.18. The summed E-state index contributed by atoms with van der Waals surface area (Å²) in [5.41, 5.74) is 3.51. The van der Waals surface area contributed by atoms with Crippen molar-refractivity contribution in [1.29, 1.82) is 0 Å². The van der Waals surface area contributed by atoms with E-state index in [1.165, 1.54) is 0 Å². The van der Waals surface area contributed by atoms with Gasteiger partial charge in [-0.2, -0.15) is 0 Å². The van der Waals surface area contributed by atoms with Crippen molar-refractivity contribution in [2.75, 3.05) is 0 Å². The third-order valence-corrected chi connectivity index (χ3v) is 0.880. The number of rotatable bonds is 1. The minimum atomic E-state index is 0. The van der Waals surface area contributed by atoms with Gasteiger partial charge in [-0.3, -0.25) is 4.79 Å². The summed E-state index contributed by atoms with van der Waals surface area (Å²) in [7, 11) is 0. The molecule has 0 amide bonds. The van der Waals surface area contributed by atoms with Crippen molar-refractivity contribution in [2.24, 2.45) is 0 Å². The molecule has 1 nitrogen and oxygen atoms in total. The average molecular weight is 291 g/mol. The number of carbonyl (C=O) groups excluding carboxylic acids is 1. The van der Waals surface area contributed by atoms with E-state index in [4.69, 9.17) is 0 Å². The number of hydrogen-bond donors (Lipinski definition) is 0. The van der Waals surface area contributed by atoms with E-state index in [9.17, 15) is 4.79 Å². The van der Waals surface area contributed by atoms with Crippen molar-refractivity contribution in [3.05, 3.63) is 36.0 Å². The number of aldehydes is 1. The molecule has 0 aromatic carbocycles. The van der Waals surface area contributed by atoms with Gasteiger partial charge in [-0.25, -0.2) is 0 Å². The van der Waals surface area contributed by atoms with Gasteiger partial charge in [0.05, 0.1) is 0 Å². The number of halogens is 1. The molecule has 0 bridgehead atoms. The van der Waals surface area contributed by atoms with Crippen LogP contribution in [0.5, 0.6) is 0 Å². The van der Waals surface area contributed by atoms with Crippen molar-refractivity contribution in [3.63, 3.8) is 0 Å². The zero-order valence-corrected chi connectivity index (χ0v) is 8.13. The van der Waals surface area contributed by atoms with Gasteiger partial charge in [0.1, 0.15) is 6.29 Å². The topological polar surface area (TPSA) is 17.1 Å². The molecule has 0 saturated heterocycles. The summed E-state index contributed by atoms with van der Waals surface area (Å²) in [6.07, 6.45) is 7.67. The van der Waals surface area contributed by atoms with E-state index >= 15 is 0 Å². The van der Waals surface area contributed by atoms with E-state index in [1.54, 1.807) is 24.6 Å². The molecule has 0 N–H and O–H groups in total. The molecule has 57 valence electrons. The molecule has 1 rings (SSSR count). The Morgan fingerprint density at radius 1 is 1.40 bits per heavy atom. The average Bonchev–Trinajstić information content (AvgIpc) is 1.90. The molecule has 0 unspecified atom stereocenters. The van der Waals surface area contributed by atoms with Gasteiger partial charge in [0.2, 0.25) is 0 Å². The Labute approximate surface area is 84.3 Å². The third kappa shape index (κ3) is 3.98. The van der Waals surface area contributed by atoms with Crippen LogP contribution in [-0.2, 0) is 25.2 Å². The Morgan fingerprint density at radius 3 is 2.40 bits per heavy atom. The van der Waals surface area contributed by atoms with E-state index in [2.05, 4.69) is 5.73 Å². The van der Waals surface area contributed by atoms with E-state index in [-0.39, 0.29) is 37.4 Å². The van der Waals surface area contributed by atoms with Crippen LogP contribution in [0.1, 0.15) is 0 Å². The van der Waals surface area contributed by atoms with Gasteiger partial charge < -0.3 is 17.0 Å². The fourth-order valence-electron chi connectivity index (χ4n) is 0.478. The number of hydrogen-bond acceptors (Lipinski definition) is 1. The summed E-state index contributed by atoms with van der Waals surface area (Å²) >= 11 is 0. The first kappa shape index (κ1) is 12.7. The van der Waals surface area contributed by atoms with E-state index in [1.807, 2.05) is 0 Å². The molecular formula is C7H5BrOPd-. The van der Waals surface area contributed by atoms with Crippen LogP contribution in [-0.4, -0.2) is 6.29 Å². The maximum Gasteiger partial charge on any atom is 0.146 e. The van der Waals surface area contributed by atoms with Crippen LogP contribution in [0.3, 0.4) is 0 Å². The molecule has 0 heterocycles. The maximum atomic E-state index is 9.99. The SMILES string of the molecule is O=CC1=CC=C=C[CH]1.[Br-].[Pd]. The van der Waals surface area contributed by atoms with Crippen molar-refractivity contribution in [3.8, 4) is 0 Å². The van der Waals surface area contributed by atoms with Gasteiger partial charge in [-0.1, -0.05) is 0 Å². The van der Waals surface area contributed by atoms with Crippen molar-refractivity contribution in [1.82, 2.24) is 0 Å². The fourth-order valence-corrected chi connectivity index (χ4v) is 0.478. The van der Waals surface area contributed by atoms with Crippen LogP contribution in [0.25, 0.3) is 0 Å². The first-order chi connectivity index (χ1) is 3.93. The monoisotopic (exact) mass is 290 g/mol. The van der Waals surface area contributed by atoms with Gasteiger partial charge in [0.25, 0.3) is 0 Å². The summed E-state index contributed by atoms with van der Waals surface area (Å²) in [6.45, 7) is 0. The normalized spacial score (nSPS) is 12.6. The molecular weight excluding hydrogens is 286 g/mol. The Balaban J connectivity index is 0. The van der Waals surface area contributed by atoms with Crippen molar-refractivity contribution >= 4 is 6.29 Å². The molecule has 0 aromatic heterocycles. The van der Waals surface area contributed by atoms with E-state index in [0.29, 0.717) is 5.57 Å². The molecule has 0 aromatic rings. The second-order valence-corrected chi connectivity index (χ2v) is 1.45. The van der Waals surface area contributed by atoms with Crippen LogP contribution < -0.4 is 17.0 Å². The predicted octanol–water partition coefficient (Wildman–Crippen LogP) is -1.96. The summed E-state index contributed by atoms with van der Waals surface area (Å²) in [4.78, 5) is 9.99. The van der Waals surface area contributed by atoms with Gasteiger partial charge in [-0.05, 0) is 18.2 Å². The summed E-state index contributed by atoms with van der Waals surface area (Å²) in [5, 5.41) is 0. The van der Waals surface area contributed by atoms with Gasteiger partial charge in [0, 0.05) is 32.4 Å². The summed E-state index contributed by atoms with van der Waals surface area (Å²) < 4.78 is 0. The molecule has 3 heteroatoms. The van der Waals surface area contributed by atoms with Crippen LogP contribution in [0.15, 0.2) is 29.5 Å². The first-order valence-corrected chi connectivity index (χ1v) is 2.35. The smallest absolute Gasteiger partial charge is 0.146 e. The Morgan fingerprint density at radius 2 is 2.10 bits per heavy atom. The predicted molar refractivity (Wildman–Crippen MR) is 31.1 cm³/mol. The molecule has 1 aliphatic carbocycles. The molecule has 0 aliphatic heterocycles. The molecule has 1 radical (unpaired) electrons. The zero-order chi connectivity index (χ0) is 5.82. The largest absolute Gasteiger partial charge is 1.00 e. The van der Waals surface area contributed by atoms with Crippen LogP contribution >= 0.6 is 0 Å². The van der Waals surface area contributed by atoms with Crippen molar-refractivity contribution < 1.29 is 42.2 Å². The van der Waals surface area contributed by atoms with Crippen molar-refractivity contribution in [2.45, 2.75) is 0 Å². The van der Waals surface area contributed by atoms with Gasteiger partial charge in [0.15, 0.2) is 0 Å². The van der Waals surface area contributed by atoms with E-state index in [0.717, 1.165) is 6.29 Å². The van der Waals surface area contributed by atoms with Gasteiger partial charge >= 0.3 is 0 Å². The molecule has 0 atom stereocenters.